The van der Waals surface area contributed by atoms with Crippen LogP contribution in [-0.4, -0.2) is 18.4 Å². The summed E-state index contributed by atoms with van der Waals surface area (Å²) in [6.07, 6.45) is 8.81. The van der Waals surface area contributed by atoms with Crippen LogP contribution in [0.15, 0.2) is 42.5 Å². The Balaban J connectivity index is 1.55. The molecule has 2 amide bonds. The van der Waals surface area contributed by atoms with E-state index in [1.807, 2.05) is 30.3 Å². The van der Waals surface area contributed by atoms with Crippen molar-refractivity contribution in [2.45, 2.75) is 58.3 Å². The van der Waals surface area contributed by atoms with Gasteiger partial charge in [0, 0.05) is 5.69 Å². The zero-order valence-corrected chi connectivity index (χ0v) is 17.1. The second-order valence-corrected chi connectivity index (χ2v) is 7.46. The van der Waals surface area contributed by atoms with Crippen LogP contribution in [0, 0.1) is 0 Å². The van der Waals surface area contributed by atoms with Crippen molar-refractivity contribution in [2.75, 3.05) is 17.2 Å². The lowest BCUT2D eigenvalue weighted by molar-refractivity contribution is -0.133. The fourth-order valence-corrected chi connectivity index (χ4v) is 3.68. The third-order valence-electron chi connectivity index (χ3n) is 5.24. The second-order valence-electron chi connectivity index (χ2n) is 7.46. The molecule has 0 fully saturated rings. The largest absolute Gasteiger partial charge is 0.491 e. The van der Waals surface area contributed by atoms with Crippen LogP contribution in [0.4, 0.5) is 11.4 Å². The van der Waals surface area contributed by atoms with Gasteiger partial charge in [0.2, 0.25) is 0 Å². The number of rotatable bonds is 9. The average Bonchev–Trinajstić information content (AvgIpc) is 3.21. The molecule has 2 aromatic carbocycles. The summed E-state index contributed by atoms with van der Waals surface area (Å²) in [5, 5.41) is 5.45. The van der Waals surface area contributed by atoms with Crippen molar-refractivity contribution in [1.82, 2.24) is 0 Å². The molecular formula is C24H30N2O3. The first kappa shape index (κ1) is 20.9. The molecule has 0 atom stereocenters. The summed E-state index contributed by atoms with van der Waals surface area (Å²) in [6, 6.07) is 13.1. The van der Waals surface area contributed by atoms with E-state index in [2.05, 4.69) is 23.6 Å². The number of unbranched alkanes of at least 4 members (excludes halogenated alkanes) is 4. The fraction of sp³-hybridized carbons (Fsp3) is 0.417. The maximum atomic E-state index is 12.4. The lowest BCUT2D eigenvalue weighted by Crippen LogP contribution is -2.29. The first-order valence-electron chi connectivity index (χ1n) is 10.6. The first-order valence-corrected chi connectivity index (χ1v) is 10.6. The van der Waals surface area contributed by atoms with E-state index in [0.717, 1.165) is 43.4 Å². The maximum Gasteiger partial charge on any atom is 0.314 e. The summed E-state index contributed by atoms with van der Waals surface area (Å²) >= 11 is 0. The normalized spacial score (nSPS) is 12.3. The van der Waals surface area contributed by atoms with Crippen molar-refractivity contribution < 1.29 is 14.3 Å². The minimum absolute atomic E-state index is 0.513. The molecule has 5 heteroatoms. The van der Waals surface area contributed by atoms with Crippen LogP contribution >= 0.6 is 0 Å². The van der Waals surface area contributed by atoms with Gasteiger partial charge in [0.15, 0.2) is 0 Å². The minimum Gasteiger partial charge on any atom is -0.491 e. The summed E-state index contributed by atoms with van der Waals surface area (Å²) in [5.41, 5.74) is 3.64. The smallest absolute Gasteiger partial charge is 0.314 e. The second kappa shape index (κ2) is 10.6. The molecule has 1 aliphatic rings. The molecule has 154 valence electrons. The molecule has 0 radical (unpaired) electrons. The molecule has 0 aliphatic heterocycles. The van der Waals surface area contributed by atoms with Gasteiger partial charge >= 0.3 is 11.8 Å². The molecule has 0 saturated carbocycles. The Bertz CT molecular complexity index is 848. The van der Waals surface area contributed by atoms with E-state index >= 15 is 0 Å². The molecule has 5 nitrogen and oxygen atoms in total. The van der Waals surface area contributed by atoms with Gasteiger partial charge in [0.1, 0.15) is 5.75 Å². The number of hydrogen-bond donors (Lipinski definition) is 2. The zero-order chi connectivity index (χ0) is 20.5. The Hall–Kier alpha value is -2.82. The predicted octanol–water partition coefficient (Wildman–Crippen LogP) is 5.10. The van der Waals surface area contributed by atoms with E-state index in [4.69, 9.17) is 4.74 Å². The average molecular weight is 395 g/mol. The van der Waals surface area contributed by atoms with E-state index in [-0.39, 0.29) is 0 Å². The van der Waals surface area contributed by atoms with E-state index in [1.165, 1.54) is 24.8 Å². The molecule has 0 heterocycles. The predicted molar refractivity (Wildman–Crippen MR) is 116 cm³/mol. The number of para-hydroxylation sites is 2. The SMILES string of the molecule is CCCCCCCOc1ccccc1NC(=O)C(=O)Nc1cccc2c1CCC2. The number of carbonyl (C=O) groups excluding carboxylic acids is 2. The van der Waals surface area contributed by atoms with Crippen LogP contribution in [0.5, 0.6) is 5.75 Å². The Morgan fingerprint density at radius 3 is 2.41 bits per heavy atom. The maximum absolute atomic E-state index is 12.4. The summed E-state index contributed by atoms with van der Waals surface area (Å²) in [6.45, 7) is 2.79. The van der Waals surface area contributed by atoms with Crippen LogP contribution in [0.1, 0.15) is 56.6 Å². The molecule has 0 unspecified atom stereocenters. The van der Waals surface area contributed by atoms with E-state index < -0.39 is 11.8 Å². The van der Waals surface area contributed by atoms with Crippen molar-refractivity contribution in [2.24, 2.45) is 0 Å². The van der Waals surface area contributed by atoms with Gasteiger partial charge in [0.05, 0.1) is 12.3 Å². The number of benzene rings is 2. The van der Waals surface area contributed by atoms with Crippen LogP contribution in [0.3, 0.4) is 0 Å². The van der Waals surface area contributed by atoms with Crippen LogP contribution < -0.4 is 15.4 Å². The quantitative estimate of drug-likeness (QED) is 0.459. The molecule has 0 spiro atoms. The van der Waals surface area contributed by atoms with Crippen molar-refractivity contribution in [3.8, 4) is 5.75 Å². The van der Waals surface area contributed by atoms with E-state index in [9.17, 15) is 9.59 Å². The van der Waals surface area contributed by atoms with Gasteiger partial charge in [-0.1, -0.05) is 56.9 Å². The van der Waals surface area contributed by atoms with Gasteiger partial charge in [-0.25, -0.2) is 0 Å². The summed E-state index contributed by atoms with van der Waals surface area (Å²) in [5.74, 6) is -0.774. The van der Waals surface area contributed by atoms with E-state index in [0.29, 0.717) is 18.0 Å². The number of carbonyl (C=O) groups is 2. The van der Waals surface area contributed by atoms with Gasteiger partial charge in [-0.3, -0.25) is 9.59 Å². The number of amides is 2. The first-order chi connectivity index (χ1) is 14.2. The number of anilines is 2. The zero-order valence-electron chi connectivity index (χ0n) is 17.1. The fourth-order valence-electron chi connectivity index (χ4n) is 3.68. The molecule has 0 aromatic heterocycles. The van der Waals surface area contributed by atoms with Gasteiger partial charge < -0.3 is 15.4 Å². The van der Waals surface area contributed by atoms with Crippen LogP contribution in [0.2, 0.25) is 0 Å². The number of ether oxygens (including phenoxy) is 1. The number of fused-ring (bicyclic) bond motifs is 1. The summed E-state index contributed by atoms with van der Waals surface area (Å²) < 4.78 is 5.83. The molecule has 2 N–H and O–H groups in total. The highest BCUT2D eigenvalue weighted by Gasteiger charge is 2.20. The lowest BCUT2D eigenvalue weighted by atomic mass is 10.1. The number of nitrogens with one attached hydrogen (secondary N) is 2. The summed E-state index contributed by atoms with van der Waals surface area (Å²) in [7, 11) is 0. The molecule has 2 aromatic rings. The number of aryl methyl sites for hydroxylation is 1. The third-order valence-corrected chi connectivity index (χ3v) is 5.24. The Kier molecular flexibility index (Phi) is 7.68. The molecular weight excluding hydrogens is 364 g/mol. The van der Waals surface area contributed by atoms with Crippen molar-refractivity contribution >= 4 is 23.2 Å². The van der Waals surface area contributed by atoms with Gasteiger partial charge in [-0.2, -0.15) is 0 Å². The van der Waals surface area contributed by atoms with Crippen molar-refractivity contribution in [1.29, 1.82) is 0 Å². The summed E-state index contributed by atoms with van der Waals surface area (Å²) in [4.78, 5) is 24.9. The van der Waals surface area contributed by atoms with Crippen LogP contribution in [-0.2, 0) is 22.4 Å². The molecule has 0 bridgehead atoms. The standard InChI is InChI=1S/C24H30N2O3/c1-2-3-4-5-8-17-29-22-16-7-6-14-21(22)26-24(28)23(27)25-20-15-10-12-18-11-9-13-19(18)20/h6-7,10,12,14-16H,2-5,8-9,11,13,17H2,1H3,(H,25,27)(H,26,28). The van der Waals surface area contributed by atoms with E-state index in [1.54, 1.807) is 6.07 Å². The Morgan fingerprint density at radius 2 is 1.59 bits per heavy atom. The van der Waals surface area contributed by atoms with Gasteiger partial charge in [-0.05, 0) is 55.0 Å². The highest BCUT2D eigenvalue weighted by Crippen LogP contribution is 2.29. The van der Waals surface area contributed by atoms with Crippen LogP contribution in [0.25, 0.3) is 0 Å². The Labute approximate surface area is 172 Å². The molecule has 0 saturated heterocycles. The highest BCUT2D eigenvalue weighted by molar-refractivity contribution is 6.43. The van der Waals surface area contributed by atoms with Gasteiger partial charge in [-0.15, -0.1) is 0 Å². The lowest BCUT2D eigenvalue weighted by Gasteiger charge is -2.13. The molecule has 1 aliphatic carbocycles. The Morgan fingerprint density at radius 1 is 0.862 bits per heavy atom. The highest BCUT2D eigenvalue weighted by atomic mass is 16.5. The monoisotopic (exact) mass is 394 g/mol. The van der Waals surface area contributed by atoms with Gasteiger partial charge in [0.25, 0.3) is 0 Å². The van der Waals surface area contributed by atoms with Crippen molar-refractivity contribution in [3.63, 3.8) is 0 Å². The minimum atomic E-state index is -0.695. The van der Waals surface area contributed by atoms with Crippen molar-refractivity contribution in [3.05, 3.63) is 53.6 Å². The number of hydrogen-bond acceptors (Lipinski definition) is 3. The molecule has 29 heavy (non-hydrogen) atoms. The third kappa shape index (κ3) is 5.83. The molecule has 3 rings (SSSR count). The topological polar surface area (TPSA) is 67.4 Å².